The maximum Gasteiger partial charge on any atom is 0.321 e. The van der Waals surface area contributed by atoms with Gasteiger partial charge in [0, 0.05) is 31.3 Å². The SMILES string of the molecule is CC(O)CCN(C)C(=O)Nc1ccc2nc(C3CC3)oc2c1. The van der Waals surface area contributed by atoms with Crippen LogP contribution in [0.2, 0.25) is 0 Å². The normalized spacial score (nSPS) is 15.8. The van der Waals surface area contributed by atoms with E-state index < -0.39 is 6.10 Å². The lowest BCUT2D eigenvalue weighted by molar-refractivity contribution is 0.167. The minimum Gasteiger partial charge on any atom is -0.440 e. The molecule has 0 saturated heterocycles. The van der Waals surface area contributed by atoms with Gasteiger partial charge in [0.1, 0.15) is 5.52 Å². The fourth-order valence-electron chi connectivity index (χ4n) is 2.23. The van der Waals surface area contributed by atoms with E-state index in [-0.39, 0.29) is 6.03 Å². The average Bonchev–Trinajstić information content (AvgIpc) is 3.24. The largest absolute Gasteiger partial charge is 0.440 e. The molecule has 6 nitrogen and oxygen atoms in total. The van der Waals surface area contributed by atoms with Crippen molar-refractivity contribution in [3.63, 3.8) is 0 Å². The summed E-state index contributed by atoms with van der Waals surface area (Å²) in [5, 5.41) is 12.1. The summed E-state index contributed by atoms with van der Waals surface area (Å²) in [6.45, 7) is 2.21. The Bertz CT molecular complexity index is 676. The van der Waals surface area contributed by atoms with E-state index in [1.807, 2.05) is 12.1 Å². The van der Waals surface area contributed by atoms with Crippen LogP contribution in [0.3, 0.4) is 0 Å². The van der Waals surface area contributed by atoms with Gasteiger partial charge in [0.25, 0.3) is 0 Å². The van der Waals surface area contributed by atoms with E-state index in [0.717, 1.165) is 24.2 Å². The van der Waals surface area contributed by atoms with Gasteiger partial charge in [-0.25, -0.2) is 9.78 Å². The first kappa shape index (κ1) is 14.8. The van der Waals surface area contributed by atoms with Crippen molar-refractivity contribution >= 4 is 22.8 Å². The van der Waals surface area contributed by atoms with Gasteiger partial charge in [0.2, 0.25) is 0 Å². The van der Waals surface area contributed by atoms with Crippen LogP contribution in [0, 0.1) is 0 Å². The summed E-state index contributed by atoms with van der Waals surface area (Å²) < 4.78 is 5.74. The smallest absolute Gasteiger partial charge is 0.321 e. The van der Waals surface area contributed by atoms with Crippen LogP contribution >= 0.6 is 0 Å². The first-order chi connectivity index (χ1) is 10.5. The number of hydrogen-bond donors (Lipinski definition) is 2. The standard InChI is InChI=1S/C16H21N3O3/c1-10(20)7-8-19(2)16(21)17-12-5-6-13-14(9-12)22-15(18-13)11-3-4-11/h5-6,9-11,20H,3-4,7-8H2,1-2H3,(H,17,21). The predicted molar refractivity (Wildman–Crippen MR) is 83.9 cm³/mol. The number of aliphatic hydroxyl groups is 1. The lowest BCUT2D eigenvalue weighted by Gasteiger charge is -2.18. The number of nitrogens with one attached hydrogen (secondary N) is 1. The number of anilines is 1. The van der Waals surface area contributed by atoms with E-state index in [2.05, 4.69) is 10.3 Å². The van der Waals surface area contributed by atoms with E-state index in [0.29, 0.717) is 30.2 Å². The van der Waals surface area contributed by atoms with Gasteiger partial charge < -0.3 is 19.7 Å². The molecule has 3 rings (SSSR count). The lowest BCUT2D eigenvalue weighted by Crippen LogP contribution is -2.33. The topological polar surface area (TPSA) is 78.6 Å². The fraction of sp³-hybridized carbons (Fsp3) is 0.500. The Morgan fingerprint density at radius 3 is 3.00 bits per heavy atom. The second-order valence-electron chi connectivity index (χ2n) is 6.00. The highest BCUT2D eigenvalue weighted by atomic mass is 16.3. The minimum absolute atomic E-state index is 0.207. The van der Waals surface area contributed by atoms with E-state index in [1.54, 1.807) is 24.9 Å². The number of fused-ring (bicyclic) bond motifs is 1. The zero-order valence-corrected chi connectivity index (χ0v) is 12.9. The molecule has 2 amide bonds. The van der Waals surface area contributed by atoms with Gasteiger partial charge in [0.15, 0.2) is 11.5 Å². The number of aliphatic hydroxyl groups excluding tert-OH is 1. The molecule has 1 saturated carbocycles. The molecule has 1 aromatic carbocycles. The monoisotopic (exact) mass is 303 g/mol. The summed E-state index contributed by atoms with van der Waals surface area (Å²) in [7, 11) is 1.70. The number of oxazole rings is 1. The summed E-state index contributed by atoms with van der Waals surface area (Å²) in [6.07, 6.45) is 2.42. The Morgan fingerprint density at radius 1 is 1.55 bits per heavy atom. The number of hydrogen-bond acceptors (Lipinski definition) is 4. The second-order valence-corrected chi connectivity index (χ2v) is 6.00. The van der Waals surface area contributed by atoms with E-state index in [1.165, 1.54) is 0 Å². The highest BCUT2D eigenvalue weighted by molar-refractivity contribution is 5.91. The van der Waals surface area contributed by atoms with Gasteiger partial charge in [-0.3, -0.25) is 0 Å². The van der Waals surface area contributed by atoms with E-state index in [4.69, 9.17) is 4.42 Å². The summed E-state index contributed by atoms with van der Waals surface area (Å²) in [5.41, 5.74) is 2.20. The minimum atomic E-state index is -0.415. The van der Waals surface area contributed by atoms with Gasteiger partial charge in [-0.15, -0.1) is 0 Å². The van der Waals surface area contributed by atoms with Crippen LogP contribution in [0.4, 0.5) is 10.5 Å². The maximum absolute atomic E-state index is 12.1. The number of benzene rings is 1. The van der Waals surface area contributed by atoms with Crippen LogP contribution in [-0.4, -0.2) is 40.7 Å². The third-order valence-corrected chi connectivity index (χ3v) is 3.81. The van der Waals surface area contributed by atoms with Crippen LogP contribution in [0.25, 0.3) is 11.1 Å². The van der Waals surface area contributed by atoms with Crippen LogP contribution in [0.5, 0.6) is 0 Å². The molecule has 6 heteroatoms. The summed E-state index contributed by atoms with van der Waals surface area (Å²) in [5.74, 6) is 1.27. The van der Waals surface area contributed by atoms with Crippen LogP contribution < -0.4 is 5.32 Å². The Balaban J connectivity index is 1.66. The Hall–Kier alpha value is -2.08. The van der Waals surface area contributed by atoms with Crippen LogP contribution in [-0.2, 0) is 0 Å². The molecule has 1 aliphatic carbocycles. The van der Waals surface area contributed by atoms with E-state index in [9.17, 15) is 9.90 Å². The molecule has 22 heavy (non-hydrogen) atoms. The molecule has 1 aromatic heterocycles. The maximum atomic E-state index is 12.1. The molecule has 2 N–H and O–H groups in total. The van der Waals surface area contributed by atoms with Crippen molar-refractivity contribution in [1.29, 1.82) is 0 Å². The molecule has 0 bridgehead atoms. The van der Waals surface area contributed by atoms with Crippen LogP contribution in [0.1, 0.15) is 38.0 Å². The van der Waals surface area contributed by atoms with Gasteiger partial charge in [0.05, 0.1) is 6.10 Å². The number of nitrogens with zero attached hydrogens (tertiary/aromatic N) is 2. The Morgan fingerprint density at radius 2 is 2.32 bits per heavy atom. The van der Waals surface area contributed by atoms with Gasteiger partial charge in [-0.05, 0) is 38.3 Å². The molecule has 1 heterocycles. The number of rotatable bonds is 5. The molecule has 1 aliphatic rings. The summed E-state index contributed by atoms with van der Waals surface area (Å²) in [4.78, 5) is 18.1. The van der Waals surface area contributed by atoms with Crippen molar-refractivity contribution in [3.8, 4) is 0 Å². The molecule has 1 fully saturated rings. The number of aromatic nitrogens is 1. The van der Waals surface area contributed by atoms with E-state index >= 15 is 0 Å². The molecular formula is C16H21N3O3. The highest BCUT2D eigenvalue weighted by Crippen LogP contribution is 2.40. The van der Waals surface area contributed by atoms with Crippen molar-refractivity contribution in [2.24, 2.45) is 0 Å². The highest BCUT2D eigenvalue weighted by Gasteiger charge is 2.28. The molecule has 0 aliphatic heterocycles. The number of amides is 2. The van der Waals surface area contributed by atoms with Crippen LogP contribution in [0.15, 0.2) is 22.6 Å². The Kier molecular flexibility index (Phi) is 4.02. The zero-order chi connectivity index (χ0) is 15.7. The van der Waals surface area contributed by atoms with Gasteiger partial charge >= 0.3 is 6.03 Å². The van der Waals surface area contributed by atoms with Crippen molar-refractivity contribution in [2.75, 3.05) is 18.9 Å². The predicted octanol–water partition coefficient (Wildman–Crippen LogP) is 2.94. The summed E-state index contributed by atoms with van der Waals surface area (Å²) in [6, 6.07) is 5.27. The molecule has 0 radical (unpaired) electrons. The quantitative estimate of drug-likeness (QED) is 0.890. The average molecular weight is 303 g/mol. The molecule has 118 valence electrons. The first-order valence-electron chi connectivity index (χ1n) is 7.63. The lowest BCUT2D eigenvalue weighted by atomic mass is 10.3. The van der Waals surface area contributed by atoms with Gasteiger partial charge in [-0.1, -0.05) is 0 Å². The van der Waals surface area contributed by atoms with Crippen molar-refractivity contribution in [3.05, 3.63) is 24.1 Å². The molecular weight excluding hydrogens is 282 g/mol. The first-order valence-corrected chi connectivity index (χ1v) is 7.63. The molecule has 1 atom stereocenters. The molecule has 1 unspecified atom stereocenters. The molecule has 0 spiro atoms. The third kappa shape index (κ3) is 3.39. The summed E-state index contributed by atoms with van der Waals surface area (Å²) >= 11 is 0. The van der Waals surface area contributed by atoms with Crippen molar-refractivity contribution in [1.82, 2.24) is 9.88 Å². The number of carbonyl (C=O) groups is 1. The fourth-order valence-corrected chi connectivity index (χ4v) is 2.23. The van der Waals surface area contributed by atoms with Crippen molar-refractivity contribution in [2.45, 2.75) is 38.2 Å². The number of urea groups is 1. The second kappa shape index (κ2) is 5.96. The zero-order valence-electron chi connectivity index (χ0n) is 12.9. The van der Waals surface area contributed by atoms with Crippen molar-refractivity contribution < 1.29 is 14.3 Å². The number of carbonyl (C=O) groups excluding carboxylic acids is 1. The van der Waals surface area contributed by atoms with Gasteiger partial charge in [-0.2, -0.15) is 0 Å². The Labute approximate surface area is 129 Å². The third-order valence-electron chi connectivity index (χ3n) is 3.81. The molecule has 2 aromatic rings.